The van der Waals surface area contributed by atoms with E-state index in [9.17, 15) is 18.4 Å². The van der Waals surface area contributed by atoms with Gasteiger partial charge in [0.25, 0.3) is 11.8 Å². The van der Waals surface area contributed by atoms with Gasteiger partial charge in [0.05, 0.1) is 4.88 Å². The van der Waals surface area contributed by atoms with Crippen LogP contribution in [0.25, 0.3) is 0 Å². The number of nitrogens with zero attached hydrogens (tertiary/aromatic N) is 1. The van der Waals surface area contributed by atoms with E-state index < -0.39 is 17.5 Å². The molecule has 0 atom stereocenters. The Labute approximate surface area is 196 Å². The lowest BCUT2D eigenvalue weighted by molar-refractivity contribution is 0.0926. The van der Waals surface area contributed by atoms with E-state index in [-0.39, 0.29) is 29.0 Å². The second-order valence-corrected chi connectivity index (χ2v) is 10.4. The van der Waals surface area contributed by atoms with Gasteiger partial charge in [-0.25, -0.2) is 8.78 Å². The molecular formula is C24H30F2N4O2S. The van der Waals surface area contributed by atoms with Gasteiger partial charge in [0, 0.05) is 24.2 Å². The molecule has 0 spiro atoms. The number of carbonyl (C=O) groups excluding carboxylic acids is 2. The number of amides is 2. The summed E-state index contributed by atoms with van der Waals surface area (Å²) in [6.07, 6.45) is 3.20. The minimum absolute atomic E-state index is 0.0131. The number of carbonyl (C=O) groups is 2. The lowest BCUT2D eigenvalue weighted by atomic mass is 9.91. The number of thiophene rings is 1. The van der Waals surface area contributed by atoms with Crippen molar-refractivity contribution in [3.8, 4) is 0 Å². The van der Waals surface area contributed by atoms with Gasteiger partial charge in [-0.3, -0.25) is 19.9 Å². The SMILES string of the molecule is CC(C)(C)CN=C(NC(=O)c1ccc(F)c(F)c1)NC1CCC(NC(=O)c2cccs2)CC1. The molecule has 178 valence electrons. The quantitative estimate of drug-likeness (QED) is 0.439. The van der Waals surface area contributed by atoms with Gasteiger partial charge < -0.3 is 10.6 Å². The number of rotatable bonds is 5. The molecular weight excluding hydrogens is 446 g/mol. The Morgan fingerprint density at radius 2 is 1.67 bits per heavy atom. The molecule has 1 fully saturated rings. The summed E-state index contributed by atoms with van der Waals surface area (Å²) in [5, 5.41) is 11.0. The lowest BCUT2D eigenvalue weighted by Crippen LogP contribution is -2.49. The molecule has 1 heterocycles. The Kier molecular flexibility index (Phi) is 8.18. The highest BCUT2D eigenvalue weighted by Gasteiger charge is 2.24. The fourth-order valence-electron chi connectivity index (χ4n) is 3.49. The van der Waals surface area contributed by atoms with Gasteiger partial charge in [-0.1, -0.05) is 26.8 Å². The summed E-state index contributed by atoms with van der Waals surface area (Å²) in [4.78, 5) is 30.1. The molecule has 3 N–H and O–H groups in total. The van der Waals surface area contributed by atoms with E-state index >= 15 is 0 Å². The van der Waals surface area contributed by atoms with E-state index in [4.69, 9.17) is 0 Å². The maximum Gasteiger partial charge on any atom is 0.261 e. The zero-order valence-electron chi connectivity index (χ0n) is 19.1. The summed E-state index contributed by atoms with van der Waals surface area (Å²) in [5.41, 5.74) is -0.0808. The number of hydrogen-bond donors (Lipinski definition) is 3. The Bertz CT molecular complexity index is 994. The molecule has 33 heavy (non-hydrogen) atoms. The number of nitrogens with one attached hydrogen (secondary N) is 3. The van der Waals surface area contributed by atoms with Crippen LogP contribution >= 0.6 is 11.3 Å². The number of guanidine groups is 1. The molecule has 1 aliphatic rings. The van der Waals surface area contributed by atoms with Crippen molar-refractivity contribution in [2.75, 3.05) is 6.54 Å². The third-order valence-corrected chi connectivity index (χ3v) is 6.14. The van der Waals surface area contributed by atoms with Gasteiger partial charge in [-0.15, -0.1) is 11.3 Å². The zero-order chi connectivity index (χ0) is 24.0. The minimum Gasteiger partial charge on any atom is -0.353 e. The van der Waals surface area contributed by atoms with Crippen LogP contribution in [0.1, 0.15) is 66.5 Å². The van der Waals surface area contributed by atoms with Crippen molar-refractivity contribution >= 4 is 29.1 Å². The standard InChI is InChI=1S/C24H30F2N4O2S/c1-24(2,3)14-27-23(30-21(31)15-6-11-18(25)19(26)13-15)29-17-9-7-16(8-10-17)28-22(32)20-5-4-12-33-20/h4-6,11-13,16-17H,7-10,14H2,1-3H3,(H,28,32)(H2,27,29,30,31). The summed E-state index contributed by atoms with van der Waals surface area (Å²) in [6, 6.07) is 6.86. The molecule has 2 aromatic rings. The van der Waals surface area contributed by atoms with Crippen LogP contribution in [0.15, 0.2) is 40.7 Å². The molecule has 1 aliphatic carbocycles. The molecule has 0 radical (unpaired) electrons. The van der Waals surface area contributed by atoms with E-state index in [1.807, 2.05) is 32.2 Å². The molecule has 0 aliphatic heterocycles. The van der Waals surface area contributed by atoms with Gasteiger partial charge in [-0.2, -0.15) is 0 Å². The maximum absolute atomic E-state index is 13.5. The van der Waals surface area contributed by atoms with Crippen LogP contribution in [0.4, 0.5) is 8.78 Å². The molecule has 2 amide bonds. The van der Waals surface area contributed by atoms with Gasteiger partial charge in [-0.05, 0) is 60.7 Å². The fraction of sp³-hybridized carbons (Fsp3) is 0.458. The first-order valence-electron chi connectivity index (χ1n) is 11.0. The van der Waals surface area contributed by atoms with E-state index in [0.717, 1.165) is 37.8 Å². The molecule has 0 bridgehead atoms. The molecule has 1 saturated carbocycles. The van der Waals surface area contributed by atoms with Crippen molar-refractivity contribution < 1.29 is 18.4 Å². The summed E-state index contributed by atoms with van der Waals surface area (Å²) in [6.45, 7) is 6.58. The molecule has 1 aromatic carbocycles. The smallest absolute Gasteiger partial charge is 0.261 e. The predicted molar refractivity (Wildman–Crippen MR) is 127 cm³/mol. The second kappa shape index (κ2) is 10.9. The van der Waals surface area contributed by atoms with Gasteiger partial charge in [0.15, 0.2) is 17.6 Å². The van der Waals surface area contributed by atoms with Crippen molar-refractivity contribution in [2.24, 2.45) is 10.4 Å². The number of halogens is 2. The van der Waals surface area contributed by atoms with Gasteiger partial charge >= 0.3 is 0 Å². The average Bonchev–Trinajstić information content (AvgIpc) is 3.30. The first-order valence-corrected chi connectivity index (χ1v) is 11.9. The first kappa shape index (κ1) is 24.8. The highest BCUT2D eigenvalue weighted by Crippen LogP contribution is 2.20. The van der Waals surface area contributed by atoms with E-state index in [0.29, 0.717) is 17.4 Å². The highest BCUT2D eigenvalue weighted by atomic mass is 32.1. The second-order valence-electron chi connectivity index (χ2n) is 9.45. The Morgan fingerprint density at radius 3 is 2.24 bits per heavy atom. The van der Waals surface area contributed by atoms with E-state index in [1.54, 1.807) is 6.07 Å². The molecule has 0 saturated heterocycles. The van der Waals surface area contributed by atoms with Crippen LogP contribution in [0.5, 0.6) is 0 Å². The van der Waals surface area contributed by atoms with Crippen LogP contribution in [-0.4, -0.2) is 36.4 Å². The Balaban J connectivity index is 1.59. The molecule has 6 nitrogen and oxygen atoms in total. The van der Waals surface area contributed by atoms with Crippen molar-refractivity contribution in [2.45, 2.75) is 58.5 Å². The minimum atomic E-state index is -1.08. The first-order chi connectivity index (χ1) is 15.6. The van der Waals surface area contributed by atoms with Crippen molar-refractivity contribution in [1.82, 2.24) is 16.0 Å². The van der Waals surface area contributed by atoms with Gasteiger partial charge in [0.1, 0.15) is 0 Å². The predicted octanol–water partition coefficient (Wildman–Crippen LogP) is 4.49. The molecule has 3 rings (SSSR count). The topological polar surface area (TPSA) is 82.6 Å². The van der Waals surface area contributed by atoms with Crippen molar-refractivity contribution in [3.05, 3.63) is 57.8 Å². The maximum atomic E-state index is 13.5. The van der Waals surface area contributed by atoms with Crippen molar-refractivity contribution in [1.29, 1.82) is 0 Å². The lowest BCUT2D eigenvalue weighted by Gasteiger charge is -2.30. The Morgan fingerprint density at radius 1 is 1.00 bits per heavy atom. The normalized spacial score (nSPS) is 19.1. The Hall–Kier alpha value is -2.81. The number of aliphatic imine (C=N–C) groups is 1. The van der Waals surface area contributed by atoms with Crippen molar-refractivity contribution in [3.63, 3.8) is 0 Å². The third-order valence-electron chi connectivity index (χ3n) is 5.27. The van der Waals surface area contributed by atoms with Crippen LogP contribution in [0.3, 0.4) is 0 Å². The average molecular weight is 477 g/mol. The molecule has 9 heteroatoms. The van der Waals surface area contributed by atoms with Crippen LogP contribution in [0.2, 0.25) is 0 Å². The largest absolute Gasteiger partial charge is 0.353 e. The summed E-state index contributed by atoms with van der Waals surface area (Å²) in [7, 11) is 0. The highest BCUT2D eigenvalue weighted by molar-refractivity contribution is 7.12. The van der Waals surface area contributed by atoms with Gasteiger partial charge in [0.2, 0.25) is 0 Å². The summed E-state index contributed by atoms with van der Waals surface area (Å²) in [5.74, 6) is -2.38. The zero-order valence-corrected chi connectivity index (χ0v) is 19.9. The van der Waals surface area contributed by atoms with E-state index in [1.165, 1.54) is 17.4 Å². The summed E-state index contributed by atoms with van der Waals surface area (Å²) < 4.78 is 26.7. The third kappa shape index (κ3) is 7.63. The number of hydrogen-bond acceptors (Lipinski definition) is 4. The fourth-order valence-corrected chi connectivity index (χ4v) is 4.12. The van der Waals surface area contributed by atoms with Crippen LogP contribution in [-0.2, 0) is 0 Å². The summed E-state index contributed by atoms with van der Waals surface area (Å²) >= 11 is 1.42. The van der Waals surface area contributed by atoms with E-state index in [2.05, 4.69) is 20.9 Å². The van der Waals surface area contributed by atoms with Crippen LogP contribution < -0.4 is 16.0 Å². The molecule has 1 aromatic heterocycles. The molecule has 0 unspecified atom stereocenters. The monoisotopic (exact) mass is 476 g/mol. The number of benzene rings is 1. The van der Waals surface area contributed by atoms with Crippen LogP contribution in [0, 0.1) is 17.0 Å².